The van der Waals surface area contributed by atoms with E-state index in [1.807, 2.05) is 30.3 Å². The van der Waals surface area contributed by atoms with Gasteiger partial charge in [0, 0.05) is 4.90 Å². The van der Waals surface area contributed by atoms with E-state index in [9.17, 15) is 9.32 Å². The number of benzene rings is 1. The molecule has 0 saturated carbocycles. The first-order valence-corrected chi connectivity index (χ1v) is 9.07. The molecule has 1 N–H and O–H groups in total. The van der Waals surface area contributed by atoms with Gasteiger partial charge in [0.25, 0.3) is 0 Å². The number of aliphatic hydroxyl groups is 1. The molecule has 0 spiro atoms. The summed E-state index contributed by atoms with van der Waals surface area (Å²) in [7, 11) is -1.08. The summed E-state index contributed by atoms with van der Waals surface area (Å²) in [6.07, 6.45) is 9.61. The molecule has 0 heterocycles. The van der Waals surface area contributed by atoms with Crippen LogP contribution in [0.15, 0.2) is 35.2 Å². The second kappa shape index (κ2) is 11.0. The van der Waals surface area contributed by atoms with Gasteiger partial charge in [0.2, 0.25) is 0 Å². The Bertz CT molecular complexity index is 365. The molecule has 114 valence electrons. The van der Waals surface area contributed by atoms with Crippen molar-refractivity contribution in [3.8, 4) is 0 Å². The smallest absolute Gasteiger partial charge is 0.0625 e. The Morgan fingerprint density at radius 1 is 1.00 bits per heavy atom. The van der Waals surface area contributed by atoms with Crippen LogP contribution in [0.5, 0.6) is 0 Å². The van der Waals surface area contributed by atoms with Crippen molar-refractivity contribution < 1.29 is 9.32 Å². The molecule has 0 aromatic heterocycles. The molecule has 0 amide bonds. The summed E-state index contributed by atoms with van der Waals surface area (Å²) in [6, 6.07) is 9.47. The quantitative estimate of drug-likeness (QED) is 0.618. The molecule has 1 unspecified atom stereocenters. The average Bonchev–Trinajstić information content (AvgIpc) is 2.50. The predicted octanol–water partition coefficient (Wildman–Crippen LogP) is 4.30. The van der Waals surface area contributed by atoms with E-state index in [1.165, 1.54) is 38.5 Å². The number of aliphatic hydroxyl groups excluding tert-OH is 1. The van der Waals surface area contributed by atoms with E-state index in [0.29, 0.717) is 0 Å². The number of hydrogen-bond donors (Lipinski definition) is 1. The van der Waals surface area contributed by atoms with E-state index >= 15 is 0 Å². The van der Waals surface area contributed by atoms with Crippen molar-refractivity contribution in [3.63, 3.8) is 0 Å². The van der Waals surface area contributed by atoms with E-state index in [1.54, 1.807) is 0 Å². The lowest BCUT2D eigenvalue weighted by molar-refractivity contribution is 0.286. The first-order chi connectivity index (χ1) is 9.79. The van der Waals surface area contributed by atoms with Gasteiger partial charge in [0.05, 0.1) is 22.7 Å². The van der Waals surface area contributed by atoms with Gasteiger partial charge in [-0.25, -0.2) is 0 Å². The summed E-state index contributed by atoms with van der Waals surface area (Å²) in [5.41, 5.74) is 0. The summed E-state index contributed by atoms with van der Waals surface area (Å²) < 4.78 is 12.3. The maximum absolute atomic E-state index is 12.3. The highest BCUT2D eigenvalue weighted by atomic mass is 32.2. The molecular formula is C17H28O2S. The molecule has 0 aliphatic heterocycles. The third-order valence-electron chi connectivity index (χ3n) is 3.61. The Labute approximate surface area is 126 Å². The minimum atomic E-state index is -1.08. The number of unbranched alkanes of at least 4 members (excludes halogenated alkanes) is 6. The van der Waals surface area contributed by atoms with Crippen molar-refractivity contribution in [1.29, 1.82) is 0 Å². The molecule has 2 nitrogen and oxygen atoms in total. The highest BCUT2D eigenvalue weighted by Gasteiger charge is 2.16. The van der Waals surface area contributed by atoms with Gasteiger partial charge in [0.1, 0.15) is 0 Å². The maximum atomic E-state index is 12.3. The summed E-state index contributed by atoms with van der Waals surface area (Å²) in [6.45, 7) is 2.24. The van der Waals surface area contributed by atoms with Crippen LogP contribution in [0.25, 0.3) is 0 Å². The van der Waals surface area contributed by atoms with Crippen LogP contribution in [0.1, 0.15) is 58.3 Å². The third kappa shape index (κ3) is 6.67. The Balaban J connectivity index is 2.24. The molecule has 0 aliphatic rings. The lowest BCUT2D eigenvalue weighted by Gasteiger charge is -2.13. The van der Waals surface area contributed by atoms with Crippen molar-refractivity contribution in [2.75, 3.05) is 6.61 Å². The fraction of sp³-hybridized carbons (Fsp3) is 0.647. The van der Waals surface area contributed by atoms with Crippen molar-refractivity contribution in [1.82, 2.24) is 0 Å². The van der Waals surface area contributed by atoms with Crippen LogP contribution in [0.2, 0.25) is 0 Å². The molecule has 3 heteroatoms. The van der Waals surface area contributed by atoms with E-state index in [-0.39, 0.29) is 11.9 Å². The van der Waals surface area contributed by atoms with E-state index in [0.717, 1.165) is 17.7 Å². The van der Waals surface area contributed by atoms with Crippen LogP contribution >= 0.6 is 0 Å². The topological polar surface area (TPSA) is 37.3 Å². The van der Waals surface area contributed by atoms with Gasteiger partial charge in [-0.15, -0.1) is 0 Å². The molecule has 0 saturated heterocycles. The molecule has 0 bridgehead atoms. The number of rotatable bonds is 11. The standard InChI is InChI=1S/C17H28O2S/c1-2-3-4-5-6-7-9-14-17(15-18)20(19)16-12-10-8-11-13-16/h8,10-13,17-18H,2-7,9,14-15H2,1H3/t17-,20?/m1/s1. The molecular weight excluding hydrogens is 268 g/mol. The molecule has 1 aromatic rings. The minimum Gasteiger partial charge on any atom is -0.395 e. The lowest BCUT2D eigenvalue weighted by Crippen LogP contribution is -2.19. The normalized spacial score (nSPS) is 14.1. The summed E-state index contributed by atoms with van der Waals surface area (Å²) in [5.74, 6) is 0. The van der Waals surface area contributed by atoms with Crippen LogP contribution in [-0.2, 0) is 10.8 Å². The molecule has 1 rings (SSSR count). The monoisotopic (exact) mass is 296 g/mol. The highest BCUT2D eigenvalue weighted by molar-refractivity contribution is 7.85. The van der Waals surface area contributed by atoms with Crippen molar-refractivity contribution in [2.45, 2.75) is 68.4 Å². The second-order valence-corrected chi connectivity index (χ2v) is 7.06. The highest BCUT2D eigenvalue weighted by Crippen LogP contribution is 2.17. The molecule has 0 radical (unpaired) electrons. The Morgan fingerprint density at radius 2 is 1.60 bits per heavy atom. The zero-order valence-electron chi connectivity index (χ0n) is 12.6. The van der Waals surface area contributed by atoms with E-state index in [4.69, 9.17) is 0 Å². The van der Waals surface area contributed by atoms with Gasteiger partial charge < -0.3 is 5.11 Å². The second-order valence-electron chi connectivity index (χ2n) is 5.33. The lowest BCUT2D eigenvalue weighted by atomic mass is 10.1. The van der Waals surface area contributed by atoms with Crippen LogP contribution < -0.4 is 0 Å². The fourth-order valence-electron chi connectivity index (χ4n) is 2.34. The first kappa shape index (κ1) is 17.4. The van der Waals surface area contributed by atoms with Crippen LogP contribution in [-0.4, -0.2) is 21.2 Å². The van der Waals surface area contributed by atoms with Crippen LogP contribution in [0.3, 0.4) is 0 Å². The summed E-state index contributed by atoms with van der Waals surface area (Å²) >= 11 is 0. The summed E-state index contributed by atoms with van der Waals surface area (Å²) in [4.78, 5) is 0.828. The average molecular weight is 296 g/mol. The SMILES string of the molecule is CCCCCCCCC[C@H](CO)S(=O)c1ccccc1. The van der Waals surface area contributed by atoms with Gasteiger partial charge >= 0.3 is 0 Å². The van der Waals surface area contributed by atoms with Gasteiger partial charge in [-0.1, -0.05) is 70.1 Å². The zero-order chi connectivity index (χ0) is 14.6. The molecule has 0 fully saturated rings. The van der Waals surface area contributed by atoms with Gasteiger partial charge in [-0.05, 0) is 18.6 Å². The van der Waals surface area contributed by atoms with E-state index in [2.05, 4.69) is 6.92 Å². The van der Waals surface area contributed by atoms with Gasteiger partial charge in [-0.3, -0.25) is 4.21 Å². The Kier molecular flexibility index (Phi) is 9.60. The molecule has 20 heavy (non-hydrogen) atoms. The zero-order valence-corrected chi connectivity index (χ0v) is 13.4. The Morgan fingerprint density at radius 3 is 2.20 bits per heavy atom. The first-order valence-electron chi connectivity index (χ1n) is 7.86. The summed E-state index contributed by atoms with van der Waals surface area (Å²) in [5, 5.41) is 9.32. The van der Waals surface area contributed by atoms with E-state index < -0.39 is 10.8 Å². The number of hydrogen-bond acceptors (Lipinski definition) is 2. The van der Waals surface area contributed by atoms with Crippen molar-refractivity contribution >= 4 is 10.8 Å². The van der Waals surface area contributed by atoms with Crippen LogP contribution in [0, 0.1) is 0 Å². The van der Waals surface area contributed by atoms with Gasteiger partial charge in [0.15, 0.2) is 0 Å². The maximum Gasteiger partial charge on any atom is 0.0625 e. The Hall–Kier alpha value is -0.670. The largest absolute Gasteiger partial charge is 0.395 e. The minimum absolute atomic E-state index is 0.0113. The molecule has 0 aliphatic carbocycles. The fourth-order valence-corrected chi connectivity index (χ4v) is 3.67. The van der Waals surface area contributed by atoms with Gasteiger partial charge in [-0.2, -0.15) is 0 Å². The predicted molar refractivity (Wildman–Crippen MR) is 86.3 cm³/mol. The molecule has 2 atom stereocenters. The molecule has 1 aromatic carbocycles. The van der Waals surface area contributed by atoms with Crippen molar-refractivity contribution in [3.05, 3.63) is 30.3 Å². The van der Waals surface area contributed by atoms with Crippen molar-refractivity contribution in [2.24, 2.45) is 0 Å². The third-order valence-corrected chi connectivity index (χ3v) is 5.34. The van der Waals surface area contributed by atoms with Crippen LogP contribution in [0.4, 0.5) is 0 Å².